The fourth-order valence-electron chi connectivity index (χ4n) is 2.75. The van der Waals surface area contributed by atoms with Gasteiger partial charge >= 0.3 is 0 Å². The minimum Gasteiger partial charge on any atom is -0.497 e. The number of nitrogens with zero attached hydrogens (tertiary/aromatic N) is 2. The van der Waals surface area contributed by atoms with Gasteiger partial charge in [0.15, 0.2) is 11.5 Å². The summed E-state index contributed by atoms with van der Waals surface area (Å²) in [7, 11) is 4.62. The molecule has 29 heavy (non-hydrogen) atoms. The van der Waals surface area contributed by atoms with Gasteiger partial charge in [0.05, 0.1) is 27.0 Å². The Morgan fingerprint density at radius 2 is 1.76 bits per heavy atom. The van der Waals surface area contributed by atoms with Gasteiger partial charge in [0.2, 0.25) is 5.91 Å². The van der Waals surface area contributed by atoms with Crippen molar-refractivity contribution in [2.75, 3.05) is 26.6 Å². The number of anilines is 1. The van der Waals surface area contributed by atoms with Crippen molar-refractivity contribution in [3.8, 4) is 28.5 Å². The molecule has 0 aliphatic carbocycles. The molecule has 0 saturated carbocycles. The van der Waals surface area contributed by atoms with Crippen LogP contribution in [0.15, 0.2) is 59.4 Å². The summed E-state index contributed by atoms with van der Waals surface area (Å²) in [5, 5.41) is 7.03. The number of hydrogen-bond donors (Lipinski definition) is 1. The van der Waals surface area contributed by atoms with E-state index >= 15 is 0 Å². The third kappa shape index (κ3) is 4.73. The average Bonchev–Trinajstić information content (AvgIpc) is 2.75. The molecule has 1 heterocycles. The zero-order valence-corrected chi connectivity index (χ0v) is 16.3. The first-order valence-electron chi connectivity index (χ1n) is 8.78. The number of carbonyl (C=O) groups excluding carboxylic acids is 1. The third-order valence-electron chi connectivity index (χ3n) is 4.19. The van der Waals surface area contributed by atoms with Crippen LogP contribution in [0.3, 0.4) is 0 Å². The van der Waals surface area contributed by atoms with Crippen LogP contribution in [0.2, 0.25) is 0 Å². The summed E-state index contributed by atoms with van der Waals surface area (Å²) in [6.45, 7) is -0.231. The van der Waals surface area contributed by atoms with Crippen LogP contribution in [0.4, 0.5) is 5.69 Å². The van der Waals surface area contributed by atoms with Crippen molar-refractivity contribution < 1.29 is 19.0 Å². The second-order valence-corrected chi connectivity index (χ2v) is 6.06. The highest BCUT2D eigenvalue weighted by Gasteiger charge is 2.11. The number of benzene rings is 2. The van der Waals surface area contributed by atoms with Crippen LogP contribution < -0.4 is 25.1 Å². The quantitative estimate of drug-likeness (QED) is 0.661. The molecule has 0 saturated heterocycles. The van der Waals surface area contributed by atoms with E-state index in [4.69, 9.17) is 14.2 Å². The van der Waals surface area contributed by atoms with Gasteiger partial charge < -0.3 is 19.5 Å². The van der Waals surface area contributed by atoms with Crippen molar-refractivity contribution in [2.24, 2.45) is 0 Å². The lowest BCUT2D eigenvalue weighted by Gasteiger charge is -2.11. The molecule has 0 aliphatic rings. The Labute approximate surface area is 167 Å². The molecular weight excluding hydrogens is 374 g/mol. The number of carbonyl (C=O) groups is 1. The van der Waals surface area contributed by atoms with Gasteiger partial charge in [0, 0.05) is 23.4 Å². The van der Waals surface area contributed by atoms with Gasteiger partial charge in [-0.25, -0.2) is 4.68 Å². The molecule has 8 nitrogen and oxygen atoms in total. The minimum atomic E-state index is -0.394. The van der Waals surface area contributed by atoms with Gasteiger partial charge in [-0.3, -0.25) is 9.59 Å². The zero-order valence-electron chi connectivity index (χ0n) is 16.3. The molecule has 3 aromatic rings. The SMILES string of the molecule is COc1cccc(-c2ccc(=O)n(CC(=O)Nc3ccc(OC)c(OC)c3)n2)c1. The molecule has 8 heteroatoms. The first-order valence-corrected chi connectivity index (χ1v) is 8.78. The van der Waals surface area contributed by atoms with E-state index in [2.05, 4.69) is 10.4 Å². The molecule has 1 N–H and O–H groups in total. The van der Waals surface area contributed by atoms with Gasteiger partial charge in [0.25, 0.3) is 5.56 Å². The summed E-state index contributed by atoms with van der Waals surface area (Å²) in [6.07, 6.45) is 0. The number of ether oxygens (including phenoxy) is 3. The fourth-order valence-corrected chi connectivity index (χ4v) is 2.75. The van der Waals surface area contributed by atoms with E-state index < -0.39 is 5.91 Å². The number of aromatic nitrogens is 2. The average molecular weight is 395 g/mol. The monoisotopic (exact) mass is 395 g/mol. The molecule has 0 spiro atoms. The molecule has 0 fully saturated rings. The van der Waals surface area contributed by atoms with E-state index in [1.54, 1.807) is 37.4 Å². The van der Waals surface area contributed by atoms with E-state index in [1.807, 2.05) is 18.2 Å². The van der Waals surface area contributed by atoms with E-state index in [-0.39, 0.29) is 12.1 Å². The predicted octanol–water partition coefficient (Wildman–Crippen LogP) is 2.57. The molecule has 1 amide bonds. The maximum Gasteiger partial charge on any atom is 0.267 e. The van der Waals surface area contributed by atoms with E-state index in [0.717, 1.165) is 10.2 Å². The standard InChI is InChI=1S/C21H21N3O5/c1-27-16-6-4-5-14(11-16)17-8-10-21(26)24(23-17)13-20(25)22-15-7-9-18(28-2)19(12-15)29-3/h4-12H,13H2,1-3H3,(H,22,25). The Balaban J connectivity index is 1.79. The number of rotatable bonds is 7. The van der Waals surface area contributed by atoms with Crippen LogP contribution in [0.25, 0.3) is 11.3 Å². The van der Waals surface area contributed by atoms with E-state index in [9.17, 15) is 9.59 Å². The third-order valence-corrected chi connectivity index (χ3v) is 4.19. The molecule has 2 aromatic carbocycles. The summed E-state index contributed by atoms with van der Waals surface area (Å²) in [6, 6.07) is 15.3. The second-order valence-electron chi connectivity index (χ2n) is 6.06. The molecule has 0 bridgehead atoms. The maximum absolute atomic E-state index is 12.4. The highest BCUT2D eigenvalue weighted by atomic mass is 16.5. The molecule has 150 valence electrons. The Kier molecular flexibility index (Phi) is 6.13. The van der Waals surface area contributed by atoms with Crippen molar-refractivity contribution in [2.45, 2.75) is 6.54 Å². The molecule has 3 rings (SSSR count). The first kappa shape index (κ1) is 19.9. The van der Waals surface area contributed by atoms with Crippen molar-refractivity contribution in [3.05, 3.63) is 65.0 Å². The fraction of sp³-hybridized carbons (Fsp3) is 0.190. The van der Waals surface area contributed by atoms with Crippen LogP contribution in [-0.2, 0) is 11.3 Å². The van der Waals surface area contributed by atoms with Crippen molar-refractivity contribution in [3.63, 3.8) is 0 Å². The van der Waals surface area contributed by atoms with E-state index in [0.29, 0.717) is 28.6 Å². The van der Waals surface area contributed by atoms with Crippen LogP contribution in [-0.4, -0.2) is 37.0 Å². The Morgan fingerprint density at radius 3 is 2.48 bits per heavy atom. The topological polar surface area (TPSA) is 91.7 Å². The van der Waals surface area contributed by atoms with E-state index in [1.165, 1.54) is 20.3 Å². The maximum atomic E-state index is 12.4. The largest absolute Gasteiger partial charge is 0.497 e. The Morgan fingerprint density at radius 1 is 0.966 bits per heavy atom. The lowest BCUT2D eigenvalue weighted by Crippen LogP contribution is -2.29. The smallest absolute Gasteiger partial charge is 0.267 e. The summed E-state index contributed by atoms with van der Waals surface area (Å²) < 4.78 is 16.7. The van der Waals surface area contributed by atoms with Gasteiger partial charge in [-0.1, -0.05) is 12.1 Å². The normalized spacial score (nSPS) is 10.3. The summed E-state index contributed by atoms with van der Waals surface area (Å²) in [5.74, 6) is 1.32. The lowest BCUT2D eigenvalue weighted by atomic mass is 10.1. The molecule has 0 aliphatic heterocycles. The van der Waals surface area contributed by atoms with Crippen molar-refractivity contribution in [1.29, 1.82) is 0 Å². The van der Waals surface area contributed by atoms with Crippen molar-refractivity contribution >= 4 is 11.6 Å². The molecule has 0 unspecified atom stereocenters. The Bertz CT molecular complexity index is 1080. The number of hydrogen-bond acceptors (Lipinski definition) is 6. The van der Waals surface area contributed by atoms with Crippen LogP contribution in [0.5, 0.6) is 17.2 Å². The van der Waals surface area contributed by atoms with Crippen LogP contribution in [0.1, 0.15) is 0 Å². The molecular formula is C21H21N3O5. The lowest BCUT2D eigenvalue weighted by molar-refractivity contribution is -0.117. The van der Waals surface area contributed by atoms with Gasteiger partial charge in [-0.2, -0.15) is 5.10 Å². The van der Waals surface area contributed by atoms with Gasteiger partial charge in [-0.15, -0.1) is 0 Å². The summed E-state index contributed by atoms with van der Waals surface area (Å²) in [4.78, 5) is 24.6. The second kappa shape index (κ2) is 8.92. The minimum absolute atomic E-state index is 0.231. The summed E-state index contributed by atoms with van der Waals surface area (Å²) >= 11 is 0. The van der Waals surface area contributed by atoms with Crippen LogP contribution in [0, 0.1) is 0 Å². The highest BCUT2D eigenvalue weighted by Crippen LogP contribution is 2.29. The first-order chi connectivity index (χ1) is 14.0. The zero-order chi connectivity index (χ0) is 20.8. The predicted molar refractivity (Wildman–Crippen MR) is 109 cm³/mol. The number of amides is 1. The highest BCUT2D eigenvalue weighted by molar-refractivity contribution is 5.90. The molecule has 0 radical (unpaired) electrons. The van der Waals surface area contributed by atoms with Crippen LogP contribution >= 0.6 is 0 Å². The van der Waals surface area contributed by atoms with Gasteiger partial charge in [0.1, 0.15) is 12.3 Å². The number of methoxy groups -OCH3 is 3. The van der Waals surface area contributed by atoms with Crippen molar-refractivity contribution in [1.82, 2.24) is 9.78 Å². The number of nitrogens with one attached hydrogen (secondary N) is 1. The molecule has 1 aromatic heterocycles. The Hall–Kier alpha value is -3.81. The summed E-state index contributed by atoms with van der Waals surface area (Å²) in [5.41, 5.74) is 1.48. The van der Waals surface area contributed by atoms with Gasteiger partial charge in [-0.05, 0) is 30.3 Å². The molecule has 0 atom stereocenters.